The highest BCUT2D eigenvalue weighted by Gasteiger charge is 2.41. The van der Waals surface area contributed by atoms with Crippen LogP contribution in [0, 0.1) is 16.7 Å². The number of aromatic nitrogens is 2. The van der Waals surface area contributed by atoms with Gasteiger partial charge in [0.25, 0.3) is 0 Å². The fraction of sp³-hybridized carbons (Fsp3) is 0.583. The molecule has 16 heavy (non-hydrogen) atoms. The topological polar surface area (TPSA) is 58.7 Å². The Hall–Kier alpha value is -1.63. The van der Waals surface area contributed by atoms with Crippen LogP contribution in [0.3, 0.4) is 0 Å². The van der Waals surface area contributed by atoms with Crippen LogP contribution in [0.15, 0.2) is 12.4 Å². The second-order valence-electron chi connectivity index (χ2n) is 4.49. The molecule has 1 heterocycles. The third-order valence-electron chi connectivity index (χ3n) is 3.35. The van der Waals surface area contributed by atoms with Crippen molar-refractivity contribution in [2.75, 3.05) is 0 Å². The molecule has 0 aliphatic heterocycles. The van der Waals surface area contributed by atoms with Gasteiger partial charge in [-0.05, 0) is 31.2 Å². The molecule has 0 spiro atoms. The van der Waals surface area contributed by atoms with Crippen molar-refractivity contribution in [3.63, 3.8) is 0 Å². The second kappa shape index (κ2) is 4.09. The summed E-state index contributed by atoms with van der Waals surface area (Å²) in [6.07, 6.45) is 7.28. The number of hydrogen-bond donors (Lipinski definition) is 0. The van der Waals surface area contributed by atoms with Gasteiger partial charge in [-0.25, -0.2) is 0 Å². The summed E-state index contributed by atoms with van der Waals surface area (Å²) in [6, 6.07) is 2.23. The molecule has 0 saturated heterocycles. The van der Waals surface area contributed by atoms with E-state index in [4.69, 9.17) is 0 Å². The Morgan fingerprint density at radius 3 is 3.00 bits per heavy atom. The zero-order valence-corrected chi connectivity index (χ0v) is 9.44. The van der Waals surface area contributed by atoms with E-state index in [0.717, 1.165) is 24.8 Å². The Labute approximate surface area is 94.9 Å². The van der Waals surface area contributed by atoms with E-state index in [0.29, 0.717) is 12.8 Å². The molecule has 1 aliphatic rings. The van der Waals surface area contributed by atoms with Crippen LogP contribution in [0.5, 0.6) is 0 Å². The van der Waals surface area contributed by atoms with Gasteiger partial charge < -0.3 is 0 Å². The van der Waals surface area contributed by atoms with E-state index in [2.05, 4.69) is 11.2 Å². The van der Waals surface area contributed by atoms with Crippen LogP contribution >= 0.6 is 0 Å². The standard InChI is InChI=1S/C12H15N3O/c1-15-8-10(7-14-15)4-6-12(9-13)5-2-3-11(12)16/h7-8H,2-6H2,1H3. The average Bonchev–Trinajstić information content (AvgIpc) is 2.83. The summed E-state index contributed by atoms with van der Waals surface area (Å²) >= 11 is 0. The van der Waals surface area contributed by atoms with Crippen LogP contribution < -0.4 is 0 Å². The molecule has 1 saturated carbocycles. The molecule has 0 bridgehead atoms. The second-order valence-corrected chi connectivity index (χ2v) is 4.49. The molecule has 0 N–H and O–H groups in total. The van der Waals surface area contributed by atoms with E-state index >= 15 is 0 Å². The fourth-order valence-corrected chi connectivity index (χ4v) is 2.33. The van der Waals surface area contributed by atoms with Crippen molar-refractivity contribution in [2.24, 2.45) is 12.5 Å². The van der Waals surface area contributed by atoms with E-state index < -0.39 is 5.41 Å². The van der Waals surface area contributed by atoms with Crippen LogP contribution in [0.25, 0.3) is 0 Å². The fourth-order valence-electron chi connectivity index (χ4n) is 2.33. The Morgan fingerprint density at radius 1 is 1.69 bits per heavy atom. The number of Topliss-reactive ketones (excluding diaryl/α,β-unsaturated/α-hetero) is 1. The summed E-state index contributed by atoms with van der Waals surface area (Å²) in [5.41, 5.74) is 0.382. The highest BCUT2D eigenvalue weighted by Crippen LogP contribution is 2.38. The van der Waals surface area contributed by atoms with E-state index in [1.165, 1.54) is 0 Å². The van der Waals surface area contributed by atoms with Crippen LogP contribution in [0.1, 0.15) is 31.2 Å². The lowest BCUT2D eigenvalue weighted by Crippen LogP contribution is -2.24. The van der Waals surface area contributed by atoms with E-state index in [-0.39, 0.29) is 5.78 Å². The van der Waals surface area contributed by atoms with Gasteiger partial charge in [0.1, 0.15) is 5.41 Å². The highest BCUT2D eigenvalue weighted by atomic mass is 16.1. The lowest BCUT2D eigenvalue weighted by atomic mass is 9.81. The molecule has 1 fully saturated rings. The van der Waals surface area contributed by atoms with Crippen molar-refractivity contribution >= 4 is 5.78 Å². The van der Waals surface area contributed by atoms with Gasteiger partial charge in [-0.3, -0.25) is 9.48 Å². The smallest absolute Gasteiger partial charge is 0.153 e. The van der Waals surface area contributed by atoms with E-state index in [9.17, 15) is 10.1 Å². The first-order valence-corrected chi connectivity index (χ1v) is 5.58. The first-order valence-electron chi connectivity index (χ1n) is 5.58. The number of nitriles is 1. The zero-order valence-electron chi connectivity index (χ0n) is 9.44. The first kappa shape index (κ1) is 10.9. The number of rotatable bonds is 3. The van der Waals surface area contributed by atoms with Crippen molar-refractivity contribution in [1.29, 1.82) is 5.26 Å². The van der Waals surface area contributed by atoms with Crippen molar-refractivity contribution < 1.29 is 4.79 Å². The number of carbonyl (C=O) groups excluding carboxylic acids is 1. The Morgan fingerprint density at radius 2 is 2.50 bits per heavy atom. The lowest BCUT2D eigenvalue weighted by molar-refractivity contribution is -0.123. The summed E-state index contributed by atoms with van der Waals surface area (Å²) in [6.45, 7) is 0. The van der Waals surface area contributed by atoms with Gasteiger partial charge in [-0.2, -0.15) is 10.4 Å². The molecule has 1 unspecified atom stereocenters. The predicted octanol–water partition coefficient (Wildman–Crippen LogP) is 1.62. The van der Waals surface area contributed by atoms with Crippen LogP contribution in [0.4, 0.5) is 0 Å². The number of ketones is 1. The van der Waals surface area contributed by atoms with Crippen molar-refractivity contribution in [3.05, 3.63) is 18.0 Å². The maximum absolute atomic E-state index is 11.7. The molecule has 1 aromatic rings. The summed E-state index contributed by atoms with van der Waals surface area (Å²) in [4.78, 5) is 11.7. The van der Waals surface area contributed by atoms with Gasteiger partial charge in [0, 0.05) is 19.7 Å². The first-order chi connectivity index (χ1) is 7.66. The van der Waals surface area contributed by atoms with Crippen molar-refractivity contribution in [2.45, 2.75) is 32.1 Å². The normalized spacial score (nSPS) is 24.6. The van der Waals surface area contributed by atoms with Crippen LogP contribution in [-0.2, 0) is 18.3 Å². The molecule has 1 aliphatic carbocycles. The molecule has 84 valence electrons. The lowest BCUT2D eigenvalue weighted by Gasteiger charge is -2.17. The molecule has 4 nitrogen and oxygen atoms in total. The molecular weight excluding hydrogens is 202 g/mol. The van der Waals surface area contributed by atoms with Gasteiger partial charge >= 0.3 is 0 Å². The SMILES string of the molecule is Cn1cc(CCC2(C#N)CCCC2=O)cn1. The molecule has 2 rings (SSSR count). The Balaban J connectivity index is 2.04. The molecule has 1 aromatic heterocycles. The minimum atomic E-state index is -0.712. The monoisotopic (exact) mass is 217 g/mol. The van der Waals surface area contributed by atoms with Gasteiger partial charge in [0.15, 0.2) is 5.78 Å². The van der Waals surface area contributed by atoms with Gasteiger partial charge in [-0.15, -0.1) is 0 Å². The van der Waals surface area contributed by atoms with Crippen molar-refractivity contribution in [1.82, 2.24) is 9.78 Å². The van der Waals surface area contributed by atoms with Crippen LogP contribution in [-0.4, -0.2) is 15.6 Å². The predicted molar refractivity (Wildman–Crippen MR) is 58.4 cm³/mol. The number of hydrogen-bond acceptors (Lipinski definition) is 3. The third-order valence-corrected chi connectivity index (χ3v) is 3.35. The molecule has 4 heteroatoms. The van der Waals surface area contributed by atoms with Crippen molar-refractivity contribution in [3.8, 4) is 6.07 Å². The zero-order chi connectivity index (χ0) is 11.6. The summed E-state index contributed by atoms with van der Waals surface area (Å²) in [5, 5.41) is 13.3. The summed E-state index contributed by atoms with van der Waals surface area (Å²) < 4.78 is 1.74. The van der Waals surface area contributed by atoms with E-state index in [1.54, 1.807) is 10.9 Å². The highest BCUT2D eigenvalue weighted by molar-refractivity contribution is 5.89. The maximum atomic E-state index is 11.7. The number of carbonyl (C=O) groups is 1. The van der Waals surface area contributed by atoms with Gasteiger partial charge in [0.2, 0.25) is 0 Å². The Bertz CT molecular complexity index is 443. The molecule has 1 atom stereocenters. The quantitative estimate of drug-likeness (QED) is 0.773. The Kier molecular flexibility index (Phi) is 2.78. The van der Waals surface area contributed by atoms with Gasteiger partial charge in [0.05, 0.1) is 12.3 Å². The minimum Gasteiger partial charge on any atom is -0.298 e. The molecule has 0 radical (unpaired) electrons. The number of aryl methyl sites for hydroxylation is 2. The summed E-state index contributed by atoms with van der Waals surface area (Å²) in [5.74, 6) is 0.124. The molecule has 0 amide bonds. The molecular formula is C12H15N3O. The van der Waals surface area contributed by atoms with Gasteiger partial charge in [-0.1, -0.05) is 0 Å². The van der Waals surface area contributed by atoms with E-state index in [1.807, 2.05) is 13.2 Å². The third kappa shape index (κ3) is 1.85. The maximum Gasteiger partial charge on any atom is 0.153 e. The minimum absolute atomic E-state index is 0.124. The number of nitrogens with zero attached hydrogens (tertiary/aromatic N) is 3. The molecule has 0 aromatic carbocycles. The van der Waals surface area contributed by atoms with Crippen LogP contribution in [0.2, 0.25) is 0 Å². The largest absolute Gasteiger partial charge is 0.298 e. The summed E-state index contributed by atoms with van der Waals surface area (Å²) in [7, 11) is 1.87. The average molecular weight is 217 g/mol.